The van der Waals surface area contributed by atoms with E-state index in [0.29, 0.717) is 13.1 Å². The van der Waals surface area contributed by atoms with Gasteiger partial charge in [-0.25, -0.2) is 13.1 Å². The number of hydrogen-bond donors (Lipinski definition) is 2. The third kappa shape index (κ3) is 2.97. The second kappa shape index (κ2) is 5.34. The van der Waals surface area contributed by atoms with Crippen LogP contribution in [-0.4, -0.2) is 24.7 Å². The Kier molecular flexibility index (Phi) is 3.80. The predicted molar refractivity (Wildman–Crippen MR) is 64.0 cm³/mol. The van der Waals surface area contributed by atoms with Crippen molar-refractivity contribution in [2.75, 3.05) is 6.54 Å². The molecule has 2 rings (SSSR count). The van der Waals surface area contributed by atoms with E-state index in [1.165, 1.54) is 29.6 Å². The topological polar surface area (TPSA) is 103 Å². The van der Waals surface area contributed by atoms with E-state index in [-0.39, 0.29) is 11.4 Å². The van der Waals surface area contributed by atoms with Crippen LogP contribution in [-0.2, 0) is 23.1 Å². The summed E-state index contributed by atoms with van der Waals surface area (Å²) in [5, 5.41) is 3.92. The Morgan fingerprint density at radius 1 is 1.50 bits per heavy atom. The zero-order chi connectivity index (χ0) is 13.0. The molecule has 0 aromatic carbocycles. The Balaban J connectivity index is 2.05. The highest BCUT2D eigenvalue weighted by Crippen LogP contribution is 2.08. The monoisotopic (exact) mass is 270 g/mol. The van der Waals surface area contributed by atoms with Crippen molar-refractivity contribution in [1.82, 2.24) is 14.5 Å². The van der Waals surface area contributed by atoms with Gasteiger partial charge in [0.1, 0.15) is 4.90 Å². The molecule has 0 fully saturated rings. The van der Waals surface area contributed by atoms with Gasteiger partial charge in [-0.1, -0.05) is 0 Å². The average molecular weight is 270 g/mol. The first-order chi connectivity index (χ1) is 8.62. The van der Waals surface area contributed by atoms with Crippen molar-refractivity contribution >= 4 is 10.0 Å². The van der Waals surface area contributed by atoms with E-state index in [1.54, 1.807) is 6.07 Å². The summed E-state index contributed by atoms with van der Waals surface area (Å²) in [4.78, 5) is 0.124. The molecule has 7 nitrogen and oxygen atoms in total. The van der Waals surface area contributed by atoms with Gasteiger partial charge in [0.15, 0.2) is 0 Å². The summed E-state index contributed by atoms with van der Waals surface area (Å²) in [6, 6.07) is 1.69. The van der Waals surface area contributed by atoms with Crippen LogP contribution in [0.25, 0.3) is 0 Å². The molecule has 18 heavy (non-hydrogen) atoms. The molecule has 2 heterocycles. The highest BCUT2D eigenvalue weighted by molar-refractivity contribution is 7.89. The van der Waals surface area contributed by atoms with Gasteiger partial charge in [0, 0.05) is 24.8 Å². The van der Waals surface area contributed by atoms with Gasteiger partial charge < -0.3 is 10.2 Å². The number of nitrogens with one attached hydrogen (secondary N) is 1. The molecule has 3 N–H and O–H groups in total. The van der Waals surface area contributed by atoms with Crippen molar-refractivity contribution in [3.63, 3.8) is 0 Å². The third-order valence-electron chi connectivity index (χ3n) is 2.32. The molecule has 0 radical (unpaired) electrons. The van der Waals surface area contributed by atoms with Crippen LogP contribution >= 0.6 is 0 Å². The fourth-order valence-corrected chi connectivity index (χ4v) is 2.36. The number of hydrogen-bond acceptors (Lipinski definition) is 5. The third-order valence-corrected chi connectivity index (χ3v) is 3.68. The van der Waals surface area contributed by atoms with Gasteiger partial charge in [-0.3, -0.25) is 4.68 Å². The van der Waals surface area contributed by atoms with Crippen LogP contribution in [0.5, 0.6) is 0 Å². The fourth-order valence-electron chi connectivity index (χ4n) is 1.39. The van der Waals surface area contributed by atoms with Gasteiger partial charge in [0.25, 0.3) is 0 Å². The lowest BCUT2D eigenvalue weighted by Crippen LogP contribution is -2.22. The number of sulfonamides is 1. The van der Waals surface area contributed by atoms with E-state index in [0.717, 1.165) is 5.56 Å². The maximum absolute atomic E-state index is 11.9. The average Bonchev–Trinajstić information content (AvgIpc) is 2.98. The minimum Gasteiger partial charge on any atom is -0.472 e. The van der Waals surface area contributed by atoms with Crippen LogP contribution < -0.4 is 10.5 Å². The molecule has 2 aromatic rings. The van der Waals surface area contributed by atoms with E-state index in [9.17, 15) is 8.42 Å². The molecule has 0 amide bonds. The lowest BCUT2D eigenvalue weighted by atomic mass is 10.4. The molecule has 8 heteroatoms. The van der Waals surface area contributed by atoms with Gasteiger partial charge in [-0.05, 0) is 6.07 Å². The molecule has 98 valence electrons. The van der Waals surface area contributed by atoms with E-state index in [1.807, 2.05) is 0 Å². The summed E-state index contributed by atoms with van der Waals surface area (Å²) in [6.45, 7) is 1.07. The SMILES string of the molecule is NCCn1cc(S(=O)(=O)NCc2ccoc2)cn1. The summed E-state index contributed by atoms with van der Waals surface area (Å²) in [6.07, 6.45) is 5.72. The predicted octanol–water partition coefficient (Wildman–Crippen LogP) is -0.0867. The van der Waals surface area contributed by atoms with Crippen LogP contribution in [0.1, 0.15) is 5.56 Å². The molecule has 0 aliphatic carbocycles. The first kappa shape index (κ1) is 12.8. The van der Waals surface area contributed by atoms with Crippen LogP contribution in [0.3, 0.4) is 0 Å². The molecule has 0 aliphatic heterocycles. The molecular formula is C10H14N4O3S. The largest absolute Gasteiger partial charge is 0.472 e. The molecular weight excluding hydrogens is 256 g/mol. The highest BCUT2D eigenvalue weighted by Gasteiger charge is 2.16. The van der Waals surface area contributed by atoms with Crippen molar-refractivity contribution in [1.29, 1.82) is 0 Å². The second-order valence-corrected chi connectivity index (χ2v) is 5.45. The summed E-state index contributed by atoms with van der Waals surface area (Å²) in [5.41, 5.74) is 6.12. The number of rotatable bonds is 6. The number of furan rings is 1. The summed E-state index contributed by atoms with van der Waals surface area (Å²) in [5.74, 6) is 0. The maximum atomic E-state index is 11.9. The summed E-state index contributed by atoms with van der Waals surface area (Å²) < 4.78 is 32.6. The van der Waals surface area contributed by atoms with Crippen molar-refractivity contribution in [2.24, 2.45) is 5.73 Å². The molecule has 0 saturated carbocycles. The normalized spacial score (nSPS) is 11.8. The standard InChI is InChI=1S/C10H14N4O3S/c11-2-3-14-7-10(6-12-14)18(15,16)13-5-9-1-4-17-8-9/h1,4,6-8,13H,2-3,5,11H2. The first-order valence-electron chi connectivity index (χ1n) is 5.35. The quantitative estimate of drug-likeness (QED) is 0.763. The summed E-state index contributed by atoms with van der Waals surface area (Å²) >= 11 is 0. The van der Waals surface area contributed by atoms with E-state index in [2.05, 4.69) is 9.82 Å². The molecule has 0 spiro atoms. The van der Waals surface area contributed by atoms with Crippen LogP contribution in [0.4, 0.5) is 0 Å². The lowest BCUT2D eigenvalue weighted by molar-refractivity contribution is 0.561. The Bertz CT molecular complexity index is 588. The van der Waals surface area contributed by atoms with Gasteiger partial charge in [0.2, 0.25) is 10.0 Å². The van der Waals surface area contributed by atoms with Crippen molar-refractivity contribution in [3.05, 3.63) is 36.5 Å². The molecule has 0 unspecified atom stereocenters. The number of aromatic nitrogens is 2. The Morgan fingerprint density at radius 3 is 3.00 bits per heavy atom. The van der Waals surface area contributed by atoms with E-state index >= 15 is 0 Å². The van der Waals surface area contributed by atoms with Crippen molar-refractivity contribution in [2.45, 2.75) is 18.0 Å². The van der Waals surface area contributed by atoms with Gasteiger partial charge in [-0.15, -0.1) is 0 Å². The number of nitrogens with zero attached hydrogens (tertiary/aromatic N) is 2. The zero-order valence-electron chi connectivity index (χ0n) is 9.61. The van der Waals surface area contributed by atoms with E-state index in [4.69, 9.17) is 10.2 Å². The van der Waals surface area contributed by atoms with Crippen molar-refractivity contribution in [3.8, 4) is 0 Å². The highest BCUT2D eigenvalue weighted by atomic mass is 32.2. The smallest absolute Gasteiger partial charge is 0.243 e. The molecule has 2 aromatic heterocycles. The second-order valence-electron chi connectivity index (χ2n) is 3.68. The van der Waals surface area contributed by atoms with Crippen molar-refractivity contribution < 1.29 is 12.8 Å². The van der Waals surface area contributed by atoms with Gasteiger partial charge >= 0.3 is 0 Å². The summed E-state index contributed by atoms with van der Waals surface area (Å²) in [7, 11) is -3.55. The lowest BCUT2D eigenvalue weighted by Gasteiger charge is -2.02. The fraction of sp³-hybridized carbons (Fsp3) is 0.300. The van der Waals surface area contributed by atoms with Crippen LogP contribution in [0.15, 0.2) is 40.3 Å². The van der Waals surface area contributed by atoms with Gasteiger partial charge in [0.05, 0.1) is 25.3 Å². The number of nitrogens with two attached hydrogens (primary N) is 1. The van der Waals surface area contributed by atoms with Crippen LogP contribution in [0.2, 0.25) is 0 Å². The van der Waals surface area contributed by atoms with Crippen LogP contribution in [0, 0.1) is 0 Å². The first-order valence-corrected chi connectivity index (χ1v) is 6.83. The molecule has 0 atom stereocenters. The maximum Gasteiger partial charge on any atom is 0.243 e. The Hall–Kier alpha value is -1.64. The minimum atomic E-state index is -3.55. The zero-order valence-corrected chi connectivity index (χ0v) is 10.4. The molecule has 0 aliphatic rings. The molecule has 0 bridgehead atoms. The Morgan fingerprint density at radius 2 is 2.33 bits per heavy atom. The Labute approximate surface area is 105 Å². The van der Waals surface area contributed by atoms with Gasteiger partial charge in [-0.2, -0.15) is 5.10 Å². The van der Waals surface area contributed by atoms with E-state index < -0.39 is 10.0 Å². The minimum absolute atomic E-state index is 0.124. The molecule has 0 saturated heterocycles.